The molecule has 1 aliphatic rings. The Morgan fingerprint density at radius 3 is 2.59 bits per heavy atom. The fourth-order valence-corrected chi connectivity index (χ4v) is 3.86. The molecule has 17 heavy (non-hydrogen) atoms. The van der Waals surface area contributed by atoms with Gasteiger partial charge in [-0.05, 0) is 37.1 Å². The van der Waals surface area contributed by atoms with Crippen LogP contribution in [0.1, 0.15) is 12.8 Å². The normalized spacial score (nSPS) is 21.9. The minimum Gasteiger partial charge on any atom is -0.395 e. The maximum Gasteiger partial charge on any atom is 0.243 e. The Hall–Kier alpha value is -0.620. The molecule has 1 aromatic rings. The zero-order valence-electron chi connectivity index (χ0n) is 9.21. The highest BCUT2D eigenvalue weighted by Gasteiger charge is 2.34. The van der Waals surface area contributed by atoms with E-state index in [0.29, 0.717) is 18.0 Å². The van der Waals surface area contributed by atoms with E-state index in [1.165, 1.54) is 16.4 Å². The monoisotopic (exact) mass is 275 g/mol. The Bertz CT molecular complexity index is 486. The minimum absolute atomic E-state index is 0.132. The molecule has 4 nitrogen and oxygen atoms in total. The van der Waals surface area contributed by atoms with Gasteiger partial charge in [0.05, 0.1) is 11.5 Å². The summed E-state index contributed by atoms with van der Waals surface area (Å²) in [7, 11) is -3.50. The van der Waals surface area contributed by atoms with Crippen molar-refractivity contribution in [1.82, 2.24) is 4.31 Å². The molecular weight excluding hydrogens is 262 g/mol. The second-order valence-electron chi connectivity index (χ2n) is 4.05. The number of sulfonamides is 1. The lowest BCUT2D eigenvalue weighted by atomic mass is 10.2. The molecule has 0 radical (unpaired) electrons. The molecule has 94 valence electrons. The number of hydrogen-bond donors (Lipinski definition) is 1. The molecular formula is C11H14ClNO3S. The summed E-state index contributed by atoms with van der Waals surface area (Å²) in [5.74, 6) is 0. The highest BCUT2D eigenvalue weighted by molar-refractivity contribution is 7.89. The average Bonchev–Trinajstić information content (AvgIpc) is 2.78. The number of rotatable bonds is 3. The van der Waals surface area contributed by atoms with Crippen molar-refractivity contribution in [3.8, 4) is 0 Å². The maximum atomic E-state index is 12.3. The van der Waals surface area contributed by atoms with Crippen LogP contribution in [0, 0.1) is 0 Å². The zero-order valence-corrected chi connectivity index (χ0v) is 10.8. The lowest BCUT2D eigenvalue weighted by Crippen LogP contribution is -2.37. The van der Waals surface area contributed by atoms with Crippen LogP contribution in [0.15, 0.2) is 29.2 Å². The second-order valence-corrected chi connectivity index (χ2v) is 6.38. The number of hydrogen-bond acceptors (Lipinski definition) is 3. The molecule has 2 rings (SSSR count). The van der Waals surface area contributed by atoms with Crippen molar-refractivity contribution in [2.45, 2.75) is 23.8 Å². The van der Waals surface area contributed by atoms with Crippen molar-refractivity contribution in [1.29, 1.82) is 0 Å². The molecule has 0 amide bonds. The predicted molar refractivity (Wildman–Crippen MR) is 65.5 cm³/mol. The molecule has 1 aliphatic heterocycles. The molecule has 1 N–H and O–H groups in total. The number of benzene rings is 1. The van der Waals surface area contributed by atoms with Crippen molar-refractivity contribution in [2.24, 2.45) is 0 Å². The van der Waals surface area contributed by atoms with E-state index in [4.69, 9.17) is 16.7 Å². The summed E-state index contributed by atoms with van der Waals surface area (Å²) >= 11 is 5.73. The van der Waals surface area contributed by atoms with Crippen molar-refractivity contribution >= 4 is 21.6 Å². The first-order chi connectivity index (χ1) is 8.05. The van der Waals surface area contributed by atoms with Crippen LogP contribution >= 0.6 is 11.6 Å². The molecule has 1 saturated heterocycles. The third kappa shape index (κ3) is 2.47. The van der Waals surface area contributed by atoms with Crippen LogP contribution in [-0.2, 0) is 10.0 Å². The van der Waals surface area contributed by atoms with Crippen LogP contribution in [0.3, 0.4) is 0 Å². The van der Waals surface area contributed by atoms with E-state index in [2.05, 4.69) is 0 Å². The van der Waals surface area contributed by atoms with Crippen molar-refractivity contribution in [3.05, 3.63) is 29.3 Å². The Morgan fingerprint density at radius 1 is 1.35 bits per heavy atom. The topological polar surface area (TPSA) is 57.6 Å². The number of aliphatic hydroxyl groups is 1. The first-order valence-electron chi connectivity index (χ1n) is 5.44. The van der Waals surface area contributed by atoms with E-state index in [9.17, 15) is 8.42 Å². The van der Waals surface area contributed by atoms with Crippen LogP contribution in [0.25, 0.3) is 0 Å². The first kappa shape index (κ1) is 12.8. The van der Waals surface area contributed by atoms with Crippen molar-refractivity contribution in [3.63, 3.8) is 0 Å². The molecule has 1 atom stereocenters. The molecule has 6 heteroatoms. The lowest BCUT2D eigenvalue weighted by Gasteiger charge is -2.22. The second kappa shape index (κ2) is 4.94. The quantitative estimate of drug-likeness (QED) is 0.909. The Morgan fingerprint density at radius 2 is 2.00 bits per heavy atom. The average molecular weight is 276 g/mol. The van der Waals surface area contributed by atoms with Gasteiger partial charge in [-0.25, -0.2) is 8.42 Å². The SMILES string of the molecule is O=S(=O)(c1ccc(Cl)cc1)N1CCCC1CO. The van der Waals surface area contributed by atoms with Gasteiger partial charge >= 0.3 is 0 Å². The van der Waals surface area contributed by atoms with Gasteiger partial charge in [-0.3, -0.25) is 0 Å². The van der Waals surface area contributed by atoms with Gasteiger partial charge in [0.1, 0.15) is 0 Å². The van der Waals surface area contributed by atoms with Crippen molar-refractivity contribution in [2.75, 3.05) is 13.2 Å². The van der Waals surface area contributed by atoms with Gasteiger partial charge in [0.25, 0.3) is 0 Å². The predicted octanol–water partition coefficient (Wildman–Crippen LogP) is 1.49. The number of nitrogens with zero attached hydrogens (tertiary/aromatic N) is 1. The summed E-state index contributed by atoms with van der Waals surface area (Å²) in [6.07, 6.45) is 1.50. The van der Waals surface area contributed by atoms with Gasteiger partial charge in [0, 0.05) is 17.6 Å². The minimum atomic E-state index is -3.50. The zero-order chi connectivity index (χ0) is 12.5. The van der Waals surface area contributed by atoms with Crippen LogP contribution < -0.4 is 0 Å². The molecule has 1 unspecified atom stereocenters. The van der Waals surface area contributed by atoms with Gasteiger partial charge in [-0.1, -0.05) is 11.6 Å². The van der Waals surface area contributed by atoms with Crippen LogP contribution in [0.4, 0.5) is 0 Å². The third-order valence-corrected chi connectivity index (χ3v) is 5.17. The highest BCUT2D eigenvalue weighted by atomic mass is 35.5. The molecule has 1 fully saturated rings. The van der Waals surface area contributed by atoms with Crippen LogP contribution in [-0.4, -0.2) is 37.0 Å². The Kier molecular flexibility index (Phi) is 3.73. The summed E-state index contributed by atoms with van der Waals surface area (Å²) in [4.78, 5) is 0.224. The lowest BCUT2D eigenvalue weighted by molar-refractivity contribution is 0.213. The molecule has 0 bridgehead atoms. The highest BCUT2D eigenvalue weighted by Crippen LogP contribution is 2.26. The van der Waals surface area contributed by atoms with Gasteiger partial charge in [0.15, 0.2) is 0 Å². The van der Waals surface area contributed by atoms with E-state index in [-0.39, 0.29) is 17.5 Å². The molecule has 0 aliphatic carbocycles. The van der Waals surface area contributed by atoms with E-state index in [0.717, 1.165) is 6.42 Å². The molecule has 0 aromatic heterocycles. The molecule has 0 spiro atoms. The summed E-state index contributed by atoms with van der Waals surface area (Å²) in [6, 6.07) is 5.79. The van der Waals surface area contributed by atoms with Gasteiger partial charge in [-0.15, -0.1) is 0 Å². The smallest absolute Gasteiger partial charge is 0.243 e. The summed E-state index contributed by atoms with van der Waals surface area (Å²) in [5.41, 5.74) is 0. The van der Waals surface area contributed by atoms with E-state index < -0.39 is 10.0 Å². The fraction of sp³-hybridized carbons (Fsp3) is 0.455. The van der Waals surface area contributed by atoms with E-state index >= 15 is 0 Å². The largest absolute Gasteiger partial charge is 0.395 e. The molecule has 1 heterocycles. The Balaban J connectivity index is 2.33. The standard InChI is InChI=1S/C11H14ClNO3S/c12-9-3-5-11(6-4-9)17(15,16)13-7-1-2-10(13)8-14/h3-6,10,14H,1-2,7-8H2. The summed E-state index contributed by atoms with van der Waals surface area (Å²) in [6.45, 7) is 0.336. The maximum absolute atomic E-state index is 12.3. The number of aliphatic hydroxyl groups excluding tert-OH is 1. The fourth-order valence-electron chi connectivity index (χ4n) is 2.05. The molecule has 0 saturated carbocycles. The first-order valence-corrected chi connectivity index (χ1v) is 7.26. The Labute approximate surface area is 106 Å². The van der Waals surface area contributed by atoms with Gasteiger partial charge in [0.2, 0.25) is 10.0 Å². The van der Waals surface area contributed by atoms with E-state index in [1.54, 1.807) is 12.1 Å². The molecule has 1 aromatic carbocycles. The third-order valence-electron chi connectivity index (χ3n) is 2.95. The number of halogens is 1. The van der Waals surface area contributed by atoms with Crippen molar-refractivity contribution < 1.29 is 13.5 Å². The van der Waals surface area contributed by atoms with Crippen LogP contribution in [0.5, 0.6) is 0 Å². The summed E-state index contributed by atoms with van der Waals surface area (Å²) < 4.78 is 25.9. The van der Waals surface area contributed by atoms with Crippen LogP contribution in [0.2, 0.25) is 5.02 Å². The van der Waals surface area contributed by atoms with Gasteiger partial charge in [-0.2, -0.15) is 4.31 Å². The van der Waals surface area contributed by atoms with E-state index in [1.807, 2.05) is 0 Å². The summed E-state index contributed by atoms with van der Waals surface area (Å²) in [5, 5.41) is 9.67. The van der Waals surface area contributed by atoms with Gasteiger partial charge < -0.3 is 5.11 Å².